The highest BCUT2D eigenvalue weighted by Crippen LogP contribution is 2.13. The van der Waals surface area contributed by atoms with Gasteiger partial charge in [-0.25, -0.2) is 0 Å². The van der Waals surface area contributed by atoms with Crippen LogP contribution in [0.2, 0.25) is 0 Å². The van der Waals surface area contributed by atoms with Gasteiger partial charge in [-0.05, 0) is 20.3 Å². The van der Waals surface area contributed by atoms with Crippen molar-refractivity contribution in [3.63, 3.8) is 0 Å². The maximum absolute atomic E-state index is 10.4. The lowest BCUT2D eigenvalue weighted by Gasteiger charge is -2.30. The third-order valence-electron chi connectivity index (χ3n) is 1.93. The number of nitrogens with one attached hydrogen (secondary N) is 1. The lowest BCUT2D eigenvalue weighted by atomic mass is 9.98. The number of hydrogen-bond acceptors (Lipinski definition) is 2. The summed E-state index contributed by atoms with van der Waals surface area (Å²) < 4.78 is 0. The van der Waals surface area contributed by atoms with Gasteiger partial charge >= 0.3 is 0 Å². The summed E-state index contributed by atoms with van der Waals surface area (Å²) in [6, 6.07) is 0. The molecule has 0 heterocycles. The number of hydrogen-bond donors (Lipinski definition) is 1. The van der Waals surface area contributed by atoms with Gasteiger partial charge < -0.3 is 10.7 Å². The van der Waals surface area contributed by atoms with E-state index in [0.717, 1.165) is 12.8 Å². The largest absolute Gasteiger partial charge is 0.787 e. The molecule has 0 saturated carbocycles. The maximum atomic E-state index is 10.4. The molecule has 0 bridgehead atoms. The Hall–Kier alpha value is -0.0800. The summed E-state index contributed by atoms with van der Waals surface area (Å²) in [5, 5.41) is 10.4. The molecule has 1 N–H and O–H groups in total. The second kappa shape index (κ2) is 5.56. The minimum atomic E-state index is -0.215. The Bertz CT molecular complexity index is 91.6. The van der Waals surface area contributed by atoms with Gasteiger partial charge in [0, 0.05) is 5.54 Å². The molecule has 68 valence electrons. The Balaban J connectivity index is 3.23. The van der Waals surface area contributed by atoms with Gasteiger partial charge in [-0.1, -0.05) is 32.6 Å². The molecule has 0 unspecified atom stereocenters. The monoisotopic (exact) mass is 158 g/mol. The van der Waals surface area contributed by atoms with Gasteiger partial charge in [0.05, 0.1) is 0 Å². The van der Waals surface area contributed by atoms with Crippen LogP contribution in [-0.4, -0.2) is 5.54 Å². The van der Waals surface area contributed by atoms with Gasteiger partial charge in [-0.15, -0.1) is 0 Å². The zero-order valence-corrected chi connectivity index (χ0v) is 7.94. The Kier molecular flexibility index (Phi) is 5.51. The molecular formula is C9H20NO-. The highest BCUT2D eigenvalue weighted by molar-refractivity contribution is 4.76. The zero-order chi connectivity index (χ0) is 8.74. The first-order valence-corrected chi connectivity index (χ1v) is 4.51. The van der Waals surface area contributed by atoms with E-state index in [0.29, 0.717) is 0 Å². The fourth-order valence-electron chi connectivity index (χ4n) is 1.04. The summed E-state index contributed by atoms with van der Waals surface area (Å²) in [5.41, 5.74) is 1.85. The van der Waals surface area contributed by atoms with E-state index in [9.17, 15) is 5.21 Å². The first kappa shape index (κ1) is 10.9. The summed E-state index contributed by atoms with van der Waals surface area (Å²) in [6.45, 7) is 6.09. The molecule has 0 radical (unpaired) electrons. The highest BCUT2D eigenvalue weighted by Gasteiger charge is 2.10. The summed E-state index contributed by atoms with van der Waals surface area (Å²) in [7, 11) is 0. The van der Waals surface area contributed by atoms with E-state index in [-0.39, 0.29) is 5.54 Å². The first-order valence-electron chi connectivity index (χ1n) is 4.51. The summed E-state index contributed by atoms with van der Waals surface area (Å²) in [4.78, 5) is 0. The van der Waals surface area contributed by atoms with E-state index in [1.54, 1.807) is 0 Å². The molecule has 0 aromatic carbocycles. The van der Waals surface area contributed by atoms with Crippen LogP contribution in [0.4, 0.5) is 0 Å². The average molecular weight is 158 g/mol. The van der Waals surface area contributed by atoms with Gasteiger partial charge in [0.15, 0.2) is 0 Å². The fourth-order valence-corrected chi connectivity index (χ4v) is 1.04. The molecule has 0 atom stereocenters. The van der Waals surface area contributed by atoms with Crippen LogP contribution in [0.25, 0.3) is 0 Å². The van der Waals surface area contributed by atoms with E-state index in [1.165, 1.54) is 19.3 Å². The van der Waals surface area contributed by atoms with Crippen molar-refractivity contribution < 1.29 is 0 Å². The van der Waals surface area contributed by atoms with E-state index < -0.39 is 0 Å². The molecule has 0 saturated heterocycles. The molecule has 0 fully saturated rings. The van der Waals surface area contributed by atoms with Crippen LogP contribution in [0.3, 0.4) is 0 Å². The molecule has 0 rings (SSSR count). The van der Waals surface area contributed by atoms with Gasteiger partial charge in [-0.3, -0.25) is 0 Å². The van der Waals surface area contributed by atoms with Crippen LogP contribution in [0, 0.1) is 5.21 Å². The Morgan fingerprint density at radius 2 is 1.82 bits per heavy atom. The third-order valence-corrected chi connectivity index (χ3v) is 1.93. The molecule has 0 aliphatic heterocycles. The van der Waals surface area contributed by atoms with Crippen molar-refractivity contribution in [3.8, 4) is 0 Å². The van der Waals surface area contributed by atoms with Crippen LogP contribution in [0.15, 0.2) is 0 Å². The Labute approximate surface area is 70.0 Å². The molecule has 2 heteroatoms. The van der Waals surface area contributed by atoms with Crippen LogP contribution < -0.4 is 5.48 Å². The smallest absolute Gasteiger partial charge is 0.000819 e. The normalized spacial score (nSPS) is 12.0. The van der Waals surface area contributed by atoms with Crippen molar-refractivity contribution in [1.29, 1.82) is 0 Å². The molecule has 0 aliphatic rings. The van der Waals surface area contributed by atoms with E-state index in [2.05, 4.69) is 12.4 Å². The lowest BCUT2D eigenvalue weighted by Crippen LogP contribution is -2.34. The molecule has 0 aliphatic carbocycles. The van der Waals surface area contributed by atoms with E-state index >= 15 is 0 Å². The predicted molar refractivity (Wildman–Crippen MR) is 49.3 cm³/mol. The van der Waals surface area contributed by atoms with Crippen molar-refractivity contribution in [2.45, 2.75) is 58.4 Å². The fraction of sp³-hybridized carbons (Fsp3) is 1.00. The molecule has 11 heavy (non-hydrogen) atoms. The van der Waals surface area contributed by atoms with E-state index in [1.807, 2.05) is 13.8 Å². The van der Waals surface area contributed by atoms with Crippen LogP contribution in [-0.2, 0) is 0 Å². The summed E-state index contributed by atoms with van der Waals surface area (Å²) in [5.74, 6) is 0. The molecule has 2 nitrogen and oxygen atoms in total. The van der Waals surface area contributed by atoms with Crippen molar-refractivity contribution in [3.05, 3.63) is 5.21 Å². The van der Waals surface area contributed by atoms with Crippen molar-refractivity contribution in [2.75, 3.05) is 0 Å². The molecule has 0 aromatic rings. The summed E-state index contributed by atoms with van der Waals surface area (Å²) >= 11 is 0. The Morgan fingerprint density at radius 3 is 2.27 bits per heavy atom. The SMILES string of the molecule is CCCCCCC(C)(C)N[O-]. The van der Waals surface area contributed by atoms with Crippen LogP contribution in [0.5, 0.6) is 0 Å². The predicted octanol–water partition coefficient (Wildman–Crippen LogP) is 2.82. The number of unbranched alkanes of at least 4 members (excludes halogenated alkanes) is 3. The zero-order valence-electron chi connectivity index (χ0n) is 7.94. The molecular weight excluding hydrogens is 138 g/mol. The maximum Gasteiger partial charge on any atom is 0.000819 e. The molecule has 0 amide bonds. The quantitative estimate of drug-likeness (QED) is 0.476. The number of rotatable bonds is 6. The lowest BCUT2D eigenvalue weighted by molar-refractivity contribution is 0.389. The van der Waals surface area contributed by atoms with Crippen LogP contribution in [0.1, 0.15) is 52.9 Å². The van der Waals surface area contributed by atoms with E-state index in [4.69, 9.17) is 0 Å². The minimum Gasteiger partial charge on any atom is -0.787 e. The van der Waals surface area contributed by atoms with Gasteiger partial charge in [0.2, 0.25) is 0 Å². The molecule has 0 aromatic heterocycles. The second-order valence-electron chi connectivity index (χ2n) is 3.80. The Morgan fingerprint density at radius 1 is 1.18 bits per heavy atom. The second-order valence-corrected chi connectivity index (χ2v) is 3.80. The topological polar surface area (TPSA) is 35.1 Å². The van der Waals surface area contributed by atoms with Crippen molar-refractivity contribution in [1.82, 2.24) is 5.48 Å². The minimum absolute atomic E-state index is 0.215. The van der Waals surface area contributed by atoms with Gasteiger partial charge in [0.25, 0.3) is 0 Å². The van der Waals surface area contributed by atoms with Crippen molar-refractivity contribution in [2.24, 2.45) is 0 Å². The summed E-state index contributed by atoms with van der Waals surface area (Å²) in [6.07, 6.45) is 5.94. The highest BCUT2D eigenvalue weighted by atomic mass is 16.5. The van der Waals surface area contributed by atoms with Gasteiger partial charge in [-0.2, -0.15) is 0 Å². The molecule has 0 spiro atoms. The van der Waals surface area contributed by atoms with Crippen molar-refractivity contribution >= 4 is 0 Å². The standard InChI is InChI=1S/C9H20NO/c1-4-5-6-7-8-9(2,3)10-11/h10H,4-8H2,1-3H3/q-1. The average Bonchev–Trinajstić information content (AvgIpc) is 1.99. The third kappa shape index (κ3) is 6.32. The number of hydroxylamine groups is 1. The van der Waals surface area contributed by atoms with Gasteiger partial charge in [0.1, 0.15) is 0 Å². The first-order chi connectivity index (χ1) is 5.12. The van der Waals surface area contributed by atoms with Crippen LogP contribution >= 0.6 is 0 Å².